The Morgan fingerprint density at radius 1 is 1.24 bits per heavy atom. The number of ether oxygens (including phenoxy) is 1. The SMILES string of the molecule is CCOC(=O)C1CCCN(C(=O)c2csc(CSc3nnc(C)n3-c3ccccc3C)n2)C1. The van der Waals surface area contributed by atoms with Crippen molar-refractivity contribution in [2.45, 2.75) is 44.5 Å². The van der Waals surface area contributed by atoms with Crippen LogP contribution in [0.5, 0.6) is 0 Å². The number of likely N-dealkylation sites (tertiary alicyclic amines) is 1. The van der Waals surface area contributed by atoms with Crippen molar-refractivity contribution in [2.75, 3.05) is 19.7 Å². The van der Waals surface area contributed by atoms with Crippen LogP contribution in [0.25, 0.3) is 5.69 Å². The quantitative estimate of drug-likeness (QED) is 0.368. The zero-order valence-electron chi connectivity index (χ0n) is 19.0. The van der Waals surface area contributed by atoms with Crippen LogP contribution in [0.1, 0.15) is 46.6 Å². The van der Waals surface area contributed by atoms with E-state index < -0.39 is 0 Å². The van der Waals surface area contributed by atoms with Crippen LogP contribution in [-0.2, 0) is 15.3 Å². The lowest BCUT2D eigenvalue weighted by atomic mass is 9.98. The Morgan fingerprint density at radius 3 is 2.85 bits per heavy atom. The van der Waals surface area contributed by atoms with Gasteiger partial charge in [-0.25, -0.2) is 4.98 Å². The molecule has 1 aliphatic rings. The maximum absolute atomic E-state index is 13.0. The number of nitrogens with zero attached hydrogens (tertiary/aromatic N) is 5. The van der Waals surface area contributed by atoms with Gasteiger partial charge in [0.05, 0.1) is 24.0 Å². The van der Waals surface area contributed by atoms with E-state index in [4.69, 9.17) is 4.74 Å². The summed E-state index contributed by atoms with van der Waals surface area (Å²) in [4.78, 5) is 31.4. The number of para-hydroxylation sites is 1. The fourth-order valence-corrected chi connectivity index (χ4v) is 5.68. The first-order valence-electron chi connectivity index (χ1n) is 11.0. The number of amides is 1. The molecule has 33 heavy (non-hydrogen) atoms. The van der Waals surface area contributed by atoms with Gasteiger partial charge in [0, 0.05) is 18.5 Å². The second-order valence-corrected chi connectivity index (χ2v) is 9.79. The van der Waals surface area contributed by atoms with Crippen LogP contribution in [0.4, 0.5) is 0 Å². The predicted molar refractivity (Wildman–Crippen MR) is 128 cm³/mol. The molecule has 1 aliphatic heterocycles. The normalized spacial score (nSPS) is 16.1. The Labute approximate surface area is 201 Å². The summed E-state index contributed by atoms with van der Waals surface area (Å²) < 4.78 is 7.18. The molecule has 0 spiro atoms. The summed E-state index contributed by atoms with van der Waals surface area (Å²) in [6.45, 7) is 7.17. The van der Waals surface area contributed by atoms with E-state index in [1.54, 1.807) is 29.0 Å². The maximum atomic E-state index is 13.0. The molecule has 4 rings (SSSR count). The highest BCUT2D eigenvalue weighted by Crippen LogP contribution is 2.28. The van der Waals surface area contributed by atoms with Crippen LogP contribution in [0.3, 0.4) is 0 Å². The first-order valence-corrected chi connectivity index (χ1v) is 12.9. The van der Waals surface area contributed by atoms with Crippen LogP contribution in [-0.4, -0.2) is 56.2 Å². The number of rotatable bonds is 7. The lowest BCUT2D eigenvalue weighted by Gasteiger charge is -2.31. The molecule has 1 fully saturated rings. The number of thiazole rings is 1. The van der Waals surface area contributed by atoms with Crippen molar-refractivity contribution in [3.8, 4) is 5.69 Å². The Kier molecular flexibility index (Phi) is 7.44. The molecule has 3 heterocycles. The summed E-state index contributed by atoms with van der Waals surface area (Å²) in [6, 6.07) is 8.13. The van der Waals surface area contributed by atoms with E-state index in [9.17, 15) is 9.59 Å². The topological polar surface area (TPSA) is 90.2 Å². The molecule has 0 aliphatic carbocycles. The third-order valence-corrected chi connectivity index (χ3v) is 7.55. The standard InChI is InChI=1S/C23H27N5O3S2/c1-4-31-22(30)17-9-7-11-27(12-17)21(29)18-13-32-20(24-18)14-33-23-26-25-16(3)28(23)19-10-6-5-8-15(19)2/h5-6,8,10,13,17H,4,7,9,11-12,14H2,1-3H3. The van der Waals surface area contributed by atoms with Gasteiger partial charge < -0.3 is 9.64 Å². The van der Waals surface area contributed by atoms with E-state index in [0.29, 0.717) is 31.1 Å². The highest BCUT2D eigenvalue weighted by atomic mass is 32.2. The minimum atomic E-state index is -0.257. The lowest BCUT2D eigenvalue weighted by molar-refractivity contribution is -0.149. The van der Waals surface area contributed by atoms with E-state index in [-0.39, 0.29) is 17.8 Å². The van der Waals surface area contributed by atoms with Gasteiger partial charge in [-0.05, 0) is 45.2 Å². The molecule has 0 radical (unpaired) electrons. The molecular weight excluding hydrogens is 458 g/mol. The Bertz CT molecular complexity index is 1140. The van der Waals surface area contributed by atoms with Gasteiger partial charge in [-0.2, -0.15) is 0 Å². The van der Waals surface area contributed by atoms with Crippen molar-refractivity contribution in [2.24, 2.45) is 5.92 Å². The molecule has 1 aromatic carbocycles. The molecular formula is C23H27N5O3S2. The number of carbonyl (C=O) groups is 2. The third kappa shape index (κ3) is 5.27. The first kappa shape index (κ1) is 23.4. The number of piperidine rings is 1. The fraction of sp³-hybridized carbons (Fsp3) is 0.435. The van der Waals surface area contributed by atoms with Gasteiger partial charge in [-0.1, -0.05) is 30.0 Å². The minimum absolute atomic E-state index is 0.129. The van der Waals surface area contributed by atoms with E-state index in [0.717, 1.165) is 40.1 Å². The maximum Gasteiger partial charge on any atom is 0.310 e. The van der Waals surface area contributed by atoms with Crippen LogP contribution >= 0.6 is 23.1 Å². The third-order valence-electron chi connectivity index (χ3n) is 5.58. The monoisotopic (exact) mass is 485 g/mol. The Balaban J connectivity index is 1.42. The van der Waals surface area contributed by atoms with Crippen molar-refractivity contribution in [3.63, 3.8) is 0 Å². The van der Waals surface area contributed by atoms with Gasteiger partial charge in [-0.3, -0.25) is 14.2 Å². The average molecular weight is 486 g/mol. The molecule has 1 saturated heterocycles. The zero-order chi connectivity index (χ0) is 23.4. The number of aromatic nitrogens is 4. The summed E-state index contributed by atoms with van der Waals surface area (Å²) in [5.74, 6) is 0.803. The van der Waals surface area contributed by atoms with Crippen LogP contribution in [0.2, 0.25) is 0 Å². The van der Waals surface area contributed by atoms with E-state index >= 15 is 0 Å². The lowest BCUT2D eigenvalue weighted by Crippen LogP contribution is -2.43. The smallest absolute Gasteiger partial charge is 0.310 e. The van der Waals surface area contributed by atoms with Crippen molar-refractivity contribution < 1.29 is 14.3 Å². The molecule has 0 saturated carbocycles. The van der Waals surface area contributed by atoms with Gasteiger partial charge in [0.15, 0.2) is 5.16 Å². The van der Waals surface area contributed by atoms with Crippen molar-refractivity contribution in [1.29, 1.82) is 0 Å². The number of benzene rings is 1. The van der Waals surface area contributed by atoms with Gasteiger partial charge >= 0.3 is 5.97 Å². The summed E-state index contributed by atoms with van der Waals surface area (Å²) in [5.41, 5.74) is 2.63. The largest absolute Gasteiger partial charge is 0.466 e. The molecule has 1 unspecified atom stereocenters. The first-order chi connectivity index (χ1) is 16.0. The second kappa shape index (κ2) is 10.5. The van der Waals surface area contributed by atoms with Crippen LogP contribution in [0, 0.1) is 19.8 Å². The van der Waals surface area contributed by atoms with E-state index in [1.807, 2.05) is 23.6 Å². The average Bonchev–Trinajstić information content (AvgIpc) is 3.44. The summed E-state index contributed by atoms with van der Waals surface area (Å²) in [6.07, 6.45) is 1.54. The number of thioether (sulfide) groups is 1. The number of hydrogen-bond donors (Lipinski definition) is 0. The van der Waals surface area contributed by atoms with Gasteiger partial charge in [0.2, 0.25) is 0 Å². The van der Waals surface area contributed by atoms with Crippen molar-refractivity contribution in [1.82, 2.24) is 24.6 Å². The van der Waals surface area contributed by atoms with Gasteiger partial charge in [0.1, 0.15) is 16.5 Å². The molecule has 8 nitrogen and oxygen atoms in total. The number of hydrogen-bond acceptors (Lipinski definition) is 8. The fourth-order valence-electron chi connectivity index (χ4n) is 3.91. The van der Waals surface area contributed by atoms with Crippen LogP contribution in [0.15, 0.2) is 34.8 Å². The predicted octanol–water partition coefficient (Wildman–Crippen LogP) is 4.05. The number of esters is 1. The van der Waals surface area contributed by atoms with Gasteiger partial charge in [0.25, 0.3) is 5.91 Å². The van der Waals surface area contributed by atoms with Crippen LogP contribution < -0.4 is 0 Å². The highest BCUT2D eigenvalue weighted by molar-refractivity contribution is 7.98. The molecule has 10 heteroatoms. The summed E-state index contributed by atoms with van der Waals surface area (Å²) >= 11 is 3.01. The molecule has 2 aromatic heterocycles. The molecule has 1 amide bonds. The van der Waals surface area contributed by atoms with E-state index in [2.05, 4.69) is 34.2 Å². The van der Waals surface area contributed by atoms with Crippen molar-refractivity contribution >= 4 is 35.0 Å². The molecule has 0 N–H and O–H groups in total. The van der Waals surface area contributed by atoms with Crippen molar-refractivity contribution in [3.05, 3.63) is 51.7 Å². The van der Waals surface area contributed by atoms with E-state index in [1.165, 1.54) is 11.3 Å². The number of aryl methyl sites for hydroxylation is 2. The Morgan fingerprint density at radius 2 is 2.06 bits per heavy atom. The zero-order valence-corrected chi connectivity index (χ0v) is 20.6. The molecule has 174 valence electrons. The molecule has 1 atom stereocenters. The molecule has 0 bridgehead atoms. The molecule has 3 aromatic rings. The van der Waals surface area contributed by atoms with Gasteiger partial charge in [-0.15, -0.1) is 21.5 Å². The summed E-state index contributed by atoms with van der Waals surface area (Å²) in [5, 5.41) is 12.0. The second-order valence-electron chi connectivity index (χ2n) is 7.91. The minimum Gasteiger partial charge on any atom is -0.466 e. The number of carbonyl (C=O) groups excluding carboxylic acids is 2. The highest BCUT2D eigenvalue weighted by Gasteiger charge is 2.30. The Hall–Kier alpha value is -2.72. The summed E-state index contributed by atoms with van der Waals surface area (Å²) in [7, 11) is 0.